The molecule has 6 rings (SSSR count). The Kier molecular flexibility index (Phi) is 8.67. The number of phenols is 1. The predicted molar refractivity (Wildman–Crippen MR) is 196 cm³/mol. The molecule has 5 nitrogen and oxygen atoms in total. The van der Waals surface area contributed by atoms with Crippen LogP contribution in [0.4, 0.5) is 11.4 Å². The fraction of sp³-hybridized carbons (Fsp3) is 0.526. The minimum Gasteiger partial charge on any atom is -0.507 e. The van der Waals surface area contributed by atoms with Crippen LogP contribution in [0.25, 0.3) is 0 Å². The highest BCUT2D eigenvalue weighted by Gasteiger charge is 2.62. The molecular formula is C38H50Br2N4O. The molecule has 2 fully saturated rings. The summed E-state index contributed by atoms with van der Waals surface area (Å²) in [5.41, 5.74) is 8.12. The number of rotatable bonds is 9. The number of halogens is 2. The van der Waals surface area contributed by atoms with E-state index in [0.29, 0.717) is 12.3 Å². The molecular weight excluding hydrogens is 688 g/mol. The van der Waals surface area contributed by atoms with Gasteiger partial charge in [-0.2, -0.15) is 0 Å². The second-order valence-electron chi connectivity index (χ2n) is 14.9. The third-order valence-electron chi connectivity index (χ3n) is 11.7. The van der Waals surface area contributed by atoms with Crippen molar-refractivity contribution in [1.82, 2.24) is 9.80 Å². The first-order chi connectivity index (χ1) is 21.3. The van der Waals surface area contributed by atoms with E-state index in [4.69, 9.17) is 0 Å². The number of likely N-dealkylation sites (tertiary alicyclic amines) is 2. The third-order valence-corrected chi connectivity index (χ3v) is 12.8. The first kappa shape index (κ1) is 32.9. The van der Waals surface area contributed by atoms with Gasteiger partial charge in [0.15, 0.2) is 0 Å². The van der Waals surface area contributed by atoms with Crippen molar-refractivity contribution in [2.24, 2.45) is 5.41 Å². The number of nitrogens with one attached hydrogen (secondary N) is 1. The van der Waals surface area contributed by atoms with Crippen molar-refractivity contribution in [3.05, 3.63) is 85.9 Å². The molecule has 0 amide bonds. The number of likely N-dealkylation sites (N-methyl/N-ethyl adjacent to an activating group) is 2. The lowest BCUT2D eigenvalue weighted by atomic mass is 9.60. The van der Waals surface area contributed by atoms with E-state index in [1.807, 2.05) is 0 Å². The van der Waals surface area contributed by atoms with Gasteiger partial charge in [0, 0.05) is 56.2 Å². The summed E-state index contributed by atoms with van der Waals surface area (Å²) in [6, 6.07) is 8.93. The van der Waals surface area contributed by atoms with E-state index in [2.05, 4.69) is 150 Å². The van der Waals surface area contributed by atoms with Gasteiger partial charge >= 0.3 is 0 Å². The minimum atomic E-state index is -0.185. The highest BCUT2D eigenvalue weighted by Crippen LogP contribution is 2.62. The van der Waals surface area contributed by atoms with Crippen LogP contribution < -0.4 is 10.2 Å². The quantitative estimate of drug-likeness (QED) is 0.251. The van der Waals surface area contributed by atoms with E-state index < -0.39 is 0 Å². The van der Waals surface area contributed by atoms with Gasteiger partial charge in [-0.25, -0.2) is 0 Å². The normalized spacial score (nSPS) is 27.7. The van der Waals surface area contributed by atoms with Crippen LogP contribution in [0.1, 0.15) is 83.4 Å². The highest BCUT2D eigenvalue weighted by atomic mass is 79.9. The fourth-order valence-corrected chi connectivity index (χ4v) is 10.00. The Morgan fingerprint density at radius 3 is 2.53 bits per heavy atom. The van der Waals surface area contributed by atoms with Crippen LogP contribution in [0, 0.1) is 5.41 Å². The van der Waals surface area contributed by atoms with Crippen molar-refractivity contribution in [2.75, 3.05) is 37.4 Å². The van der Waals surface area contributed by atoms with Gasteiger partial charge in [-0.1, -0.05) is 65.2 Å². The molecule has 7 heteroatoms. The summed E-state index contributed by atoms with van der Waals surface area (Å²) in [6.45, 7) is 18.2. The van der Waals surface area contributed by atoms with Crippen LogP contribution in [0.3, 0.4) is 0 Å². The zero-order valence-corrected chi connectivity index (χ0v) is 31.3. The van der Waals surface area contributed by atoms with Crippen LogP contribution in [-0.4, -0.2) is 54.4 Å². The number of anilines is 2. The Balaban J connectivity index is 1.42. The zero-order valence-electron chi connectivity index (χ0n) is 28.1. The van der Waals surface area contributed by atoms with Crippen molar-refractivity contribution in [1.29, 1.82) is 0 Å². The number of hydrogen-bond donors (Lipinski definition) is 2. The van der Waals surface area contributed by atoms with Gasteiger partial charge in [0.1, 0.15) is 5.75 Å². The third kappa shape index (κ3) is 5.06. The van der Waals surface area contributed by atoms with Crippen LogP contribution in [0.15, 0.2) is 69.2 Å². The van der Waals surface area contributed by atoms with Gasteiger partial charge in [-0.15, -0.1) is 6.58 Å². The predicted octanol–water partition coefficient (Wildman–Crippen LogP) is 9.46. The van der Waals surface area contributed by atoms with Crippen molar-refractivity contribution in [2.45, 2.75) is 96.4 Å². The van der Waals surface area contributed by atoms with Gasteiger partial charge in [-0.05, 0) is 112 Å². The molecule has 4 aliphatic rings. The molecule has 2 saturated heterocycles. The first-order valence-corrected chi connectivity index (χ1v) is 18.1. The van der Waals surface area contributed by atoms with E-state index in [0.717, 1.165) is 71.0 Å². The van der Waals surface area contributed by atoms with Crippen LogP contribution >= 0.6 is 31.9 Å². The van der Waals surface area contributed by atoms with E-state index >= 15 is 0 Å². The van der Waals surface area contributed by atoms with Crippen LogP contribution in [0.5, 0.6) is 5.75 Å². The zero-order chi connectivity index (χ0) is 32.5. The largest absolute Gasteiger partial charge is 0.507 e. The van der Waals surface area contributed by atoms with Crippen molar-refractivity contribution >= 4 is 43.2 Å². The molecule has 0 aliphatic carbocycles. The van der Waals surface area contributed by atoms with Crippen LogP contribution in [0.2, 0.25) is 0 Å². The second-order valence-corrected chi connectivity index (χ2v) is 16.7. The molecule has 0 radical (unpaired) electrons. The number of allylic oxidation sites excluding steroid dienone is 5. The van der Waals surface area contributed by atoms with E-state index in [1.165, 1.54) is 22.4 Å². The van der Waals surface area contributed by atoms with E-state index in [9.17, 15) is 5.11 Å². The SMILES string of the molecule is C=CC(C)(C)[C@@]12CCN(C)[C@@H]1N(Cc1cc(Br)c3c(c1O)[C@]1(CC=C(C)CCC=C(C)C)CCN(C)[C@@H]1N3)c1cc(Br)ccc12. The van der Waals surface area contributed by atoms with Gasteiger partial charge in [-0.3, -0.25) is 9.80 Å². The Labute approximate surface area is 287 Å². The number of benzene rings is 2. The standard InChI is InChI=1S/C38H50Br2N4O/c1-9-36(5,6)38-18-20-43(8)35(38)44(30-22-27(39)13-14-28(30)38)23-26-21-29(40)32-31(33(26)45)37(17-19-42(7)34(37)41-32)16-15-25(4)12-10-11-24(2)3/h9,11,13-15,21-22,34-35,41,45H,1,10,12,16-20,23H2,2-8H3/t34-,35+,37-,38+/m0/s1. The molecule has 2 N–H and O–H groups in total. The summed E-state index contributed by atoms with van der Waals surface area (Å²) in [6.07, 6.45) is 12.4. The maximum Gasteiger partial charge on any atom is 0.126 e. The van der Waals surface area contributed by atoms with Gasteiger partial charge in [0.2, 0.25) is 0 Å². The molecule has 2 aromatic carbocycles. The Bertz CT molecular complexity index is 1580. The van der Waals surface area contributed by atoms with Crippen molar-refractivity contribution < 1.29 is 5.11 Å². The maximum atomic E-state index is 12.4. The molecule has 0 aromatic heterocycles. The smallest absolute Gasteiger partial charge is 0.126 e. The fourth-order valence-electron chi connectivity index (χ4n) is 9.06. The Morgan fingerprint density at radius 1 is 1.09 bits per heavy atom. The lowest BCUT2D eigenvalue weighted by Gasteiger charge is -2.45. The van der Waals surface area contributed by atoms with Crippen LogP contribution in [-0.2, 0) is 17.4 Å². The molecule has 4 aliphatic heterocycles. The molecule has 0 spiro atoms. The first-order valence-electron chi connectivity index (χ1n) is 16.5. The molecule has 0 saturated carbocycles. The summed E-state index contributed by atoms with van der Waals surface area (Å²) < 4.78 is 2.11. The van der Waals surface area contributed by atoms with E-state index in [-0.39, 0.29) is 28.6 Å². The molecule has 2 aromatic rings. The molecule has 0 unspecified atom stereocenters. The Morgan fingerprint density at radius 2 is 1.82 bits per heavy atom. The minimum absolute atomic E-state index is 0.0982. The van der Waals surface area contributed by atoms with Crippen molar-refractivity contribution in [3.8, 4) is 5.75 Å². The number of fused-ring (bicyclic) bond motifs is 6. The lowest BCUT2D eigenvalue weighted by Crippen LogP contribution is -2.53. The van der Waals surface area contributed by atoms with Gasteiger partial charge in [0.05, 0.1) is 18.0 Å². The summed E-state index contributed by atoms with van der Waals surface area (Å²) in [7, 11) is 4.46. The summed E-state index contributed by atoms with van der Waals surface area (Å²) in [4.78, 5) is 7.48. The average molecular weight is 739 g/mol. The number of nitrogens with zero attached hydrogens (tertiary/aromatic N) is 3. The molecule has 4 heterocycles. The van der Waals surface area contributed by atoms with Gasteiger partial charge in [0.25, 0.3) is 0 Å². The monoisotopic (exact) mass is 736 g/mol. The number of phenolic OH excluding ortho intramolecular Hbond substituents is 1. The summed E-state index contributed by atoms with van der Waals surface area (Å²) in [5, 5.41) is 16.2. The molecule has 4 atom stereocenters. The number of aromatic hydroxyl groups is 1. The number of hydrogen-bond acceptors (Lipinski definition) is 5. The van der Waals surface area contributed by atoms with Gasteiger partial charge < -0.3 is 15.3 Å². The average Bonchev–Trinajstić information content (AvgIpc) is 3.69. The van der Waals surface area contributed by atoms with E-state index in [1.54, 1.807) is 0 Å². The molecule has 45 heavy (non-hydrogen) atoms. The second kappa shape index (κ2) is 11.9. The van der Waals surface area contributed by atoms with Crippen molar-refractivity contribution in [3.63, 3.8) is 0 Å². The summed E-state index contributed by atoms with van der Waals surface area (Å²) >= 11 is 7.74. The maximum absolute atomic E-state index is 12.4. The molecule has 242 valence electrons. The topological polar surface area (TPSA) is 42.0 Å². The Hall–Kier alpha value is -2.06. The lowest BCUT2D eigenvalue weighted by molar-refractivity contribution is 0.158. The molecule has 0 bridgehead atoms. The summed E-state index contributed by atoms with van der Waals surface area (Å²) in [5.74, 6) is 0.451. The highest BCUT2D eigenvalue weighted by molar-refractivity contribution is 9.10.